The number of esters is 1. The monoisotopic (exact) mass is 251 g/mol. The molecule has 0 radical (unpaired) electrons. The molecule has 0 aliphatic carbocycles. The highest BCUT2D eigenvalue weighted by atomic mass is 16.5. The van der Waals surface area contributed by atoms with E-state index >= 15 is 0 Å². The van der Waals surface area contributed by atoms with Crippen molar-refractivity contribution < 1.29 is 14.3 Å². The Labute approximate surface area is 108 Å². The average Bonchev–Trinajstić information content (AvgIpc) is 2.43. The van der Waals surface area contributed by atoms with Crippen molar-refractivity contribution in [3.63, 3.8) is 0 Å². The third-order valence-corrected chi connectivity index (χ3v) is 2.85. The van der Waals surface area contributed by atoms with E-state index in [-0.39, 0.29) is 12.0 Å². The zero-order valence-corrected chi connectivity index (χ0v) is 11.2. The first-order chi connectivity index (χ1) is 8.67. The second-order valence-corrected chi connectivity index (χ2v) is 4.13. The van der Waals surface area contributed by atoms with E-state index in [0.717, 1.165) is 18.7 Å². The van der Waals surface area contributed by atoms with Gasteiger partial charge < -0.3 is 14.8 Å². The largest absolute Gasteiger partial charge is 0.497 e. The highest BCUT2D eigenvalue weighted by Gasteiger charge is 2.05. The number of nitrogens with one attached hydrogen (secondary N) is 1. The molecule has 0 saturated heterocycles. The van der Waals surface area contributed by atoms with E-state index in [1.54, 1.807) is 7.11 Å². The van der Waals surface area contributed by atoms with E-state index in [1.165, 1.54) is 12.7 Å². The van der Waals surface area contributed by atoms with E-state index in [0.29, 0.717) is 6.42 Å². The summed E-state index contributed by atoms with van der Waals surface area (Å²) in [6.45, 7) is 2.89. The first-order valence-electron chi connectivity index (χ1n) is 6.11. The maximum atomic E-state index is 10.9. The lowest BCUT2D eigenvalue weighted by Gasteiger charge is -2.14. The van der Waals surface area contributed by atoms with Gasteiger partial charge in [0, 0.05) is 12.5 Å². The van der Waals surface area contributed by atoms with E-state index in [2.05, 4.69) is 17.0 Å². The SMILES string of the molecule is COC(=O)CCCN[C@@H](C)c1ccc(OC)cc1. The lowest BCUT2D eigenvalue weighted by atomic mass is 10.1. The van der Waals surface area contributed by atoms with Gasteiger partial charge in [0.05, 0.1) is 14.2 Å². The van der Waals surface area contributed by atoms with Crippen LogP contribution < -0.4 is 10.1 Å². The van der Waals surface area contributed by atoms with Crippen LogP contribution in [0.25, 0.3) is 0 Å². The number of carbonyl (C=O) groups excluding carboxylic acids is 1. The number of ether oxygens (including phenoxy) is 2. The molecule has 0 unspecified atom stereocenters. The molecular weight excluding hydrogens is 230 g/mol. The molecule has 0 aliphatic rings. The molecule has 100 valence electrons. The Morgan fingerprint density at radius 2 is 1.94 bits per heavy atom. The average molecular weight is 251 g/mol. The van der Waals surface area contributed by atoms with Gasteiger partial charge in [0.2, 0.25) is 0 Å². The van der Waals surface area contributed by atoms with Gasteiger partial charge in [0.25, 0.3) is 0 Å². The van der Waals surface area contributed by atoms with Crippen LogP contribution in [-0.2, 0) is 9.53 Å². The van der Waals surface area contributed by atoms with Crippen LogP contribution in [0.15, 0.2) is 24.3 Å². The summed E-state index contributed by atoms with van der Waals surface area (Å²) in [5.41, 5.74) is 1.20. The third-order valence-electron chi connectivity index (χ3n) is 2.85. The number of rotatable bonds is 7. The van der Waals surface area contributed by atoms with E-state index in [4.69, 9.17) is 4.74 Å². The number of methoxy groups -OCH3 is 2. The minimum Gasteiger partial charge on any atom is -0.497 e. The van der Waals surface area contributed by atoms with Crippen LogP contribution >= 0.6 is 0 Å². The number of hydrogen-bond donors (Lipinski definition) is 1. The van der Waals surface area contributed by atoms with Gasteiger partial charge in [-0.2, -0.15) is 0 Å². The summed E-state index contributed by atoms with van der Waals surface area (Å²) >= 11 is 0. The minimum absolute atomic E-state index is 0.158. The highest BCUT2D eigenvalue weighted by Crippen LogP contribution is 2.17. The van der Waals surface area contributed by atoms with E-state index < -0.39 is 0 Å². The van der Waals surface area contributed by atoms with Gasteiger partial charge in [-0.1, -0.05) is 12.1 Å². The molecule has 1 atom stereocenters. The molecule has 4 nitrogen and oxygen atoms in total. The molecule has 0 bridgehead atoms. The Morgan fingerprint density at radius 3 is 2.50 bits per heavy atom. The minimum atomic E-state index is -0.158. The van der Waals surface area contributed by atoms with Crippen molar-refractivity contribution in [1.82, 2.24) is 5.32 Å². The van der Waals surface area contributed by atoms with Gasteiger partial charge >= 0.3 is 5.97 Å². The molecule has 0 aliphatic heterocycles. The van der Waals surface area contributed by atoms with Crippen molar-refractivity contribution in [3.05, 3.63) is 29.8 Å². The number of hydrogen-bond acceptors (Lipinski definition) is 4. The summed E-state index contributed by atoms with van der Waals surface area (Å²) in [7, 11) is 3.07. The molecule has 18 heavy (non-hydrogen) atoms. The lowest BCUT2D eigenvalue weighted by Crippen LogP contribution is -2.20. The van der Waals surface area contributed by atoms with Crippen LogP contribution in [-0.4, -0.2) is 26.7 Å². The fraction of sp³-hybridized carbons (Fsp3) is 0.500. The van der Waals surface area contributed by atoms with Crippen molar-refractivity contribution in [2.75, 3.05) is 20.8 Å². The highest BCUT2D eigenvalue weighted by molar-refractivity contribution is 5.69. The van der Waals surface area contributed by atoms with E-state index in [1.807, 2.05) is 24.3 Å². The fourth-order valence-corrected chi connectivity index (χ4v) is 1.66. The molecule has 1 N–H and O–H groups in total. The second kappa shape index (κ2) is 7.71. The summed E-state index contributed by atoms with van der Waals surface area (Å²) in [6.07, 6.45) is 1.24. The summed E-state index contributed by atoms with van der Waals surface area (Å²) < 4.78 is 9.70. The van der Waals surface area contributed by atoms with Crippen LogP contribution in [0.1, 0.15) is 31.4 Å². The quantitative estimate of drug-likeness (QED) is 0.596. The normalized spacial score (nSPS) is 11.9. The van der Waals surface area contributed by atoms with Crippen molar-refractivity contribution in [2.24, 2.45) is 0 Å². The molecule has 0 spiro atoms. The first-order valence-corrected chi connectivity index (χ1v) is 6.11. The molecule has 0 fully saturated rings. The van der Waals surface area contributed by atoms with Crippen molar-refractivity contribution >= 4 is 5.97 Å². The Bertz CT molecular complexity index is 362. The van der Waals surface area contributed by atoms with Gasteiger partial charge in [-0.05, 0) is 37.6 Å². The van der Waals surface area contributed by atoms with Crippen molar-refractivity contribution in [3.8, 4) is 5.75 Å². The molecule has 0 saturated carbocycles. The topological polar surface area (TPSA) is 47.6 Å². The fourth-order valence-electron chi connectivity index (χ4n) is 1.66. The van der Waals surface area contributed by atoms with Crippen molar-refractivity contribution in [2.45, 2.75) is 25.8 Å². The van der Waals surface area contributed by atoms with E-state index in [9.17, 15) is 4.79 Å². The second-order valence-electron chi connectivity index (χ2n) is 4.13. The van der Waals surface area contributed by atoms with Crippen LogP contribution in [0.4, 0.5) is 0 Å². The van der Waals surface area contributed by atoms with Crippen LogP contribution in [0.5, 0.6) is 5.75 Å². The van der Waals surface area contributed by atoms with Crippen LogP contribution in [0.3, 0.4) is 0 Å². The van der Waals surface area contributed by atoms with Gasteiger partial charge in [-0.15, -0.1) is 0 Å². The van der Waals surface area contributed by atoms with Crippen molar-refractivity contribution in [1.29, 1.82) is 0 Å². The van der Waals surface area contributed by atoms with Gasteiger partial charge in [0.15, 0.2) is 0 Å². The number of benzene rings is 1. The maximum Gasteiger partial charge on any atom is 0.305 e. The molecule has 1 aromatic carbocycles. The molecule has 0 heterocycles. The molecule has 1 aromatic rings. The first kappa shape index (κ1) is 14.5. The number of carbonyl (C=O) groups is 1. The Hall–Kier alpha value is -1.55. The third kappa shape index (κ3) is 4.75. The predicted octanol–water partition coefficient (Wildman–Crippen LogP) is 2.30. The standard InChI is InChI=1S/C14H21NO3/c1-11(15-10-4-5-14(16)18-3)12-6-8-13(17-2)9-7-12/h6-9,11,15H,4-5,10H2,1-3H3/t11-/m0/s1. The summed E-state index contributed by atoms with van der Waals surface area (Å²) in [4.78, 5) is 10.9. The summed E-state index contributed by atoms with van der Waals surface area (Å²) in [5, 5.41) is 3.37. The maximum absolute atomic E-state index is 10.9. The smallest absolute Gasteiger partial charge is 0.305 e. The molecule has 1 rings (SSSR count). The molecular formula is C14H21NO3. The zero-order valence-electron chi connectivity index (χ0n) is 11.2. The zero-order chi connectivity index (χ0) is 13.4. The molecule has 0 amide bonds. The molecule has 4 heteroatoms. The van der Waals surface area contributed by atoms with Gasteiger partial charge in [0.1, 0.15) is 5.75 Å². The predicted molar refractivity (Wildman–Crippen MR) is 70.7 cm³/mol. The van der Waals surface area contributed by atoms with Crippen LogP contribution in [0, 0.1) is 0 Å². The Balaban J connectivity index is 2.31. The molecule has 0 aromatic heterocycles. The Morgan fingerprint density at radius 1 is 1.28 bits per heavy atom. The summed E-state index contributed by atoms with van der Waals surface area (Å²) in [6, 6.07) is 8.23. The van der Waals surface area contributed by atoms with Crippen LogP contribution in [0.2, 0.25) is 0 Å². The lowest BCUT2D eigenvalue weighted by molar-refractivity contribution is -0.140. The summed E-state index contributed by atoms with van der Waals surface area (Å²) in [5.74, 6) is 0.700. The van der Waals surface area contributed by atoms with Gasteiger partial charge in [-0.25, -0.2) is 0 Å². The van der Waals surface area contributed by atoms with Gasteiger partial charge in [-0.3, -0.25) is 4.79 Å². The Kier molecular flexibility index (Phi) is 6.22.